The third kappa shape index (κ3) is 2.69. The summed E-state index contributed by atoms with van der Waals surface area (Å²) in [5.41, 5.74) is 0.970. The fourth-order valence-corrected chi connectivity index (χ4v) is 4.44. The Balaban J connectivity index is 1.54. The lowest BCUT2D eigenvalue weighted by molar-refractivity contribution is -0.135. The van der Waals surface area contributed by atoms with Gasteiger partial charge in [0, 0.05) is 6.04 Å². The molecule has 3 aliphatic rings. The molecule has 4 rings (SSSR count). The molecule has 25 heavy (non-hydrogen) atoms. The van der Waals surface area contributed by atoms with Crippen molar-refractivity contribution in [1.29, 1.82) is 0 Å². The fourth-order valence-electron chi connectivity index (χ4n) is 4.44. The zero-order valence-corrected chi connectivity index (χ0v) is 14.2. The van der Waals surface area contributed by atoms with Crippen molar-refractivity contribution in [3.63, 3.8) is 0 Å². The van der Waals surface area contributed by atoms with E-state index in [9.17, 15) is 14.4 Å². The number of amides is 4. The van der Waals surface area contributed by atoms with Crippen LogP contribution in [0.4, 0.5) is 4.79 Å². The van der Waals surface area contributed by atoms with Gasteiger partial charge in [0.2, 0.25) is 5.91 Å². The minimum atomic E-state index is -1.00. The summed E-state index contributed by atoms with van der Waals surface area (Å²) < 4.78 is 0. The van der Waals surface area contributed by atoms with Gasteiger partial charge in [0.05, 0.1) is 0 Å². The van der Waals surface area contributed by atoms with Crippen LogP contribution in [0.25, 0.3) is 0 Å². The number of fused-ring (bicyclic) bond motifs is 2. The van der Waals surface area contributed by atoms with Gasteiger partial charge in [-0.2, -0.15) is 0 Å². The first-order valence-electron chi connectivity index (χ1n) is 9.12. The predicted molar refractivity (Wildman–Crippen MR) is 91.7 cm³/mol. The van der Waals surface area contributed by atoms with Crippen molar-refractivity contribution in [3.05, 3.63) is 35.4 Å². The monoisotopic (exact) mass is 341 g/mol. The first kappa shape index (κ1) is 16.1. The van der Waals surface area contributed by atoms with Gasteiger partial charge in [0.15, 0.2) is 0 Å². The van der Waals surface area contributed by atoms with Gasteiger partial charge in [-0.15, -0.1) is 0 Å². The first-order chi connectivity index (χ1) is 12.1. The highest BCUT2D eigenvalue weighted by Gasteiger charge is 2.54. The average Bonchev–Trinajstić information content (AvgIpc) is 3.19. The highest BCUT2D eigenvalue weighted by atomic mass is 16.2. The smallest absolute Gasteiger partial charge is 0.325 e. The van der Waals surface area contributed by atoms with Crippen LogP contribution in [0.5, 0.6) is 0 Å². The first-order valence-corrected chi connectivity index (χ1v) is 9.12. The molecule has 1 aromatic carbocycles. The third-order valence-electron chi connectivity index (χ3n) is 5.67. The van der Waals surface area contributed by atoms with Gasteiger partial charge < -0.3 is 10.6 Å². The minimum Gasteiger partial charge on any atom is -0.352 e. The van der Waals surface area contributed by atoms with Crippen LogP contribution >= 0.6 is 0 Å². The number of aryl methyl sites for hydroxylation is 1. The van der Waals surface area contributed by atoms with E-state index < -0.39 is 11.6 Å². The maximum atomic E-state index is 13.1. The second-order valence-electron chi connectivity index (χ2n) is 7.29. The number of nitrogens with one attached hydrogen (secondary N) is 2. The van der Waals surface area contributed by atoms with E-state index in [-0.39, 0.29) is 24.4 Å². The Hall–Kier alpha value is -2.37. The van der Waals surface area contributed by atoms with Gasteiger partial charge in [0.1, 0.15) is 12.1 Å². The Bertz CT molecular complexity index is 726. The van der Waals surface area contributed by atoms with Crippen molar-refractivity contribution in [3.8, 4) is 0 Å². The van der Waals surface area contributed by atoms with Crippen LogP contribution in [0.1, 0.15) is 49.7 Å². The Morgan fingerprint density at radius 3 is 2.76 bits per heavy atom. The van der Waals surface area contributed by atoms with E-state index in [1.807, 2.05) is 24.3 Å². The van der Waals surface area contributed by atoms with E-state index in [1.54, 1.807) is 0 Å². The number of carbonyl (C=O) groups excluding carboxylic acids is 3. The molecule has 0 unspecified atom stereocenters. The summed E-state index contributed by atoms with van der Waals surface area (Å²) in [6, 6.07) is 7.47. The maximum Gasteiger partial charge on any atom is 0.325 e. The number of imide groups is 1. The van der Waals surface area contributed by atoms with Crippen molar-refractivity contribution in [2.24, 2.45) is 0 Å². The van der Waals surface area contributed by atoms with Gasteiger partial charge in [-0.25, -0.2) is 4.79 Å². The summed E-state index contributed by atoms with van der Waals surface area (Å²) in [7, 11) is 0. The summed E-state index contributed by atoms with van der Waals surface area (Å²) >= 11 is 0. The normalized spacial score (nSPS) is 26.0. The molecule has 1 aliphatic heterocycles. The quantitative estimate of drug-likeness (QED) is 0.823. The van der Waals surface area contributed by atoms with Crippen LogP contribution in [-0.4, -0.2) is 35.3 Å². The van der Waals surface area contributed by atoms with Gasteiger partial charge in [0.25, 0.3) is 5.91 Å². The van der Waals surface area contributed by atoms with E-state index in [4.69, 9.17) is 0 Å². The number of hydrogen-bond donors (Lipinski definition) is 2. The number of rotatable bonds is 3. The Labute approximate surface area is 147 Å². The molecule has 2 N–H and O–H groups in total. The highest BCUT2D eigenvalue weighted by Crippen LogP contribution is 2.39. The molecule has 2 aliphatic carbocycles. The Kier molecular flexibility index (Phi) is 3.98. The highest BCUT2D eigenvalue weighted by molar-refractivity contribution is 6.09. The second kappa shape index (κ2) is 6.17. The molecule has 0 aromatic heterocycles. The molecule has 4 amide bonds. The molecule has 1 saturated carbocycles. The molecule has 1 aromatic rings. The number of urea groups is 1. The standard InChI is InChI=1S/C19H23N3O3/c23-16(20-14-8-2-3-9-14)12-22-17(24)19(21-18(22)25)11-5-7-13-6-1-4-10-15(13)19/h1,4,6,10,14H,2-3,5,7-9,11-12H2,(H,20,23)(H,21,25)/t19-/m0/s1. The number of nitrogens with zero attached hydrogens (tertiary/aromatic N) is 1. The van der Waals surface area contributed by atoms with Crippen molar-refractivity contribution in [2.45, 2.75) is 56.5 Å². The zero-order valence-electron chi connectivity index (χ0n) is 14.2. The van der Waals surface area contributed by atoms with Gasteiger partial charge >= 0.3 is 6.03 Å². The molecular formula is C19H23N3O3. The molecule has 132 valence electrons. The number of benzene rings is 1. The van der Waals surface area contributed by atoms with Gasteiger partial charge in [-0.3, -0.25) is 14.5 Å². The molecule has 1 spiro atoms. The van der Waals surface area contributed by atoms with Crippen molar-refractivity contribution in [2.75, 3.05) is 6.54 Å². The number of hydrogen-bond acceptors (Lipinski definition) is 3. The summed E-state index contributed by atoms with van der Waals surface area (Å²) in [6.45, 7) is -0.203. The second-order valence-corrected chi connectivity index (χ2v) is 7.29. The van der Waals surface area contributed by atoms with Crippen LogP contribution in [-0.2, 0) is 21.5 Å². The molecule has 1 atom stereocenters. The van der Waals surface area contributed by atoms with Crippen LogP contribution in [0.2, 0.25) is 0 Å². The molecule has 6 heteroatoms. The summed E-state index contributed by atoms with van der Waals surface area (Å²) in [5.74, 6) is -0.553. The number of carbonyl (C=O) groups is 3. The predicted octanol–water partition coefficient (Wildman–Crippen LogP) is 1.83. The zero-order chi connectivity index (χ0) is 17.4. The van der Waals surface area contributed by atoms with E-state index in [0.29, 0.717) is 6.42 Å². The average molecular weight is 341 g/mol. The summed E-state index contributed by atoms with van der Waals surface area (Å²) in [4.78, 5) is 38.9. The molecule has 0 bridgehead atoms. The summed E-state index contributed by atoms with van der Waals surface area (Å²) in [6.07, 6.45) is 6.51. The SMILES string of the molecule is O=C(CN1C(=O)N[C@]2(CCCc3ccccc32)C1=O)NC1CCCC1. The van der Waals surface area contributed by atoms with Gasteiger partial charge in [-0.05, 0) is 43.2 Å². The topological polar surface area (TPSA) is 78.5 Å². The molecule has 1 saturated heterocycles. The van der Waals surface area contributed by atoms with E-state index in [0.717, 1.165) is 54.6 Å². The largest absolute Gasteiger partial charge is 0.352 e. The lowest BCUT2D eigenvalue weighted by atomic mass is 9.76. The van der Waals surface area contributed by atoms with Gasteiger partial charge in [-0.1, -0.05) is 37.1 Å². The van der Waals surface area contributed by atoms with E-state index in [2.05, 4.69) is 10.6 Å². The van der Waals surface area contributed by atoms with Crippen molar-refractivity contribution >= 4 is 17.8 Å². The molecule has 1 heterocycles. The summed E-state index contributed by atoms with van der Waals surface area (Å²) in [5, 5.41) is 5.83. The third-order valence-corrected chi connectivity index (χ3v) is 5.67. The van der Waals surface area contributed by atoms with Crippen LogP contribution in [0.3, 0.4) is 0 Å². The van der Waals surface area contributed by atoms with E-state index in [1.165, 1.54) is 0 Å². The van der Waals surface area contributed by atoms with Crippen molar-refractivity contribution < 1.29 is 14.4 Å². The maximum absolute atomic E-state index is 13.1. The molecular weight excluding hydrogens is 318 g/mol. The van der Waals surface area contributed by atoms with Crippen molar-refractivity contribution in [1.82, 2.24) is 15.5 Å². The Morgan fingerprint density at radius 2 is 1.96 bits per heavy atom. The lowest BCUT2D eigenvalue weighted by Crippen LogP contribution is -2.47. The molecule has 6 nitrogen and oxygen atoms in total. The molecule has 0 radical (unpaired) electrons. The lowest BCUT2D eigenvalue weighted by Gasteiger charge is -2.33. The Morgan fingerprint density at radius 1 is 1.20 bits per heavy atom. The van der Waals surface area contributed by atoms with Crippen LogP contribution < -0.4 is 10.6 Å². The molecule has 2 fully saturated rings. The van der Waals surface area contributed by atoms with Crippen LogP contribution in [0, 0.1) is 0 Å². The fraction of sp³-hybridized carbons (Fsp3) is 0.526. The van der Waals surface area contributed by atoms with E-state index >= 15 is 0 Å². The van der Waals surface area contributed by atoms with Crippen LogP contribution in [0.15, 0.2) is 24.3 Å². The minimum absolute atomic E-state index is 0.178.